The van der Waals surface area contributed by atoms with Gasteiger partial charge in [-0.1, -0.05) is 30.7 Å². The van der Waals surface area contributed by atoms with Crippen LogP contribution in [0.3, 0.4) is 0 Å². The maximum absolute atomic E-state index is 12.1. The van der Waals surface area contributed by atoms with Crippen molar-refractivity contribution >= 4 is 21.6 Å². The van der Waals surface area contributed by atoms with Gasteiger partial charge in [0, 0.05) is 6.54 Å². The summed E-state index contributed by atoms with van der Waals surface area (Å²) in [5, 5.41) is 4.61. The Bertz CT molecular complexity index is 695. The molecule has 0 unspecified atom stereocenters. The normalized spacial score (nSPS) is 11.7. The number of benzene rings is 1. The van der Waals surface area contributed by atoms with Gasteiger partial charge in [0.05, 0.1) is 16.9 Å². The molecule has 0 saturated heterocycles. The van der Waals surface area contributed by atoms with E-state index in [1.807, 2.05) is 19.1 Å². The average molecular weight is 300 g/mol. The van der Waals surface area contributed by atoms with Crippen LogP contribution < -0.4 is 4.72 Å². The average Bonchev–Trinajstić information content (AvgIpc) is 2.82. The first-order valence-corrected chi connectivity index (χ1v) is 7.62. The summed E-state index contributed by atoms with van der Waals surface area (Å²) in [6.45, 7) is 3.89. The van der Waals surface area contributed by atoms with Crippen molar-refractivity contribution in [2.24, 2.45) is 0 Å². The van der Waals surface area contributed by atoms with Crippen LogP contribution in [0.2, 0.25) is 5.02 Å². The largest absolute Gasteiger partial charge is 0.258 e. The first-order chi connectivity index (χ1) is 8.97. The summed E-state index contributed by atoms with van der Waals surface area (Å²) < 4.78 is 27.9. The van der Waals surface area contributed by atoms with E-state index in [-0.39, 0.29) is 5.03 Å². The highest BCUT2D eigenvalue weighted by Crippen LogP contribution is 2.25. The minimum atomic E-state index is -3.58. The molecule has 0 radical (unpaired) electrons. The minimum absolute atomic E-state index is 0.0712. The summed E-state index contributed by atoms with van der Waals surface area (Å²) in [7, 11) is -3.58. The molecular formula is C12H14ClN3O2S. The molecule has 0 bridgehead atoms. The molecule has 19 heavy (non-hydrogen) atoms. The number of aromatic nitrogens is 2. The second-order valence-electron chi connectivity index (χ2n) is 3.99. The third-order valence-electron chi connectivity index (χ3n) is 2.62. The molecule has 2 rings (SSSR count). The Morgan fingerprint density at radius 2 is 2.11 bits per heavy atom. The van der Waals surface area contributed by atoms with E-state index < -0.39 is 10.0 Å². The van der Waals surface area contributed by atoms with Gasteiger partial charge in [-0.05, 0) is 24.6 Å². The zero-order valence-corrected chi connectivity index (χ0v) is 12.2. The Labute approximate surface area is 117 Å². The van der Waals surface area contributed by atoms with Crippen LogP contribution in [0.15, 0.2) is 35.5 Å². The van der Waals surface area contributed by atoms with Crippen LogP contribution in [-0.2, 0) is 10.0 Å². The molecule has 7 heteroatoms. The second kappa shape index (κ2) is 5.32. The lowest BCUT2D eigenvalue weighted by atomic mass is 10.2. The van der Waals surface area contributed by atoms with Crippen LogP contribution in [-0.4, -0.2) is 24.7 Å². The lowest BCUT2D eigenvalue weighted by Gasteiger charge is -2.11. The molecule has 2 aromatic rings. The fourth-order valence-corrected chi connectivity index (χ4v) is 3.08. The molecule has 1 aromatic carbocycles. The molecular weight excluding hydrogens is 286 g/mol. The van der Waals surface area contributed by atoms with Crippen LogP contribution in [0.4, 0.5) is 0 Å². The molecule has 102 valence electrons. The predicted molar refractivity (Wildman–Crippen MR) is 74.2 cm³/mol. The number of nitrogens with zero attached hydrogens (tertiary/aromatic N) is 2. The fourth-order valence-electron chi connectivity index (χ4n) is 1.74. The molecule has 1 aromatic heterocycles. The molecule has 1 heterocycles. The maximum atomic E-state index is 12.1. The SMILES string of the molecule is CCNS(=O)(=O)c1ccnn1-c1cccc(C)c1Cl. The molecule has 1 N–H and O–H groups in total. The van der Waals surface area contributed by atoms with Crippen molar-refractivity contribution in [1.82, 2.24) is 14.5 Å². The van der Waals surface area contributed by atoms with E-state index in [9.17, 15) is 8.42 Å². The van der Waals surface area contributed by atoms with Gasteiger partial charge in [-0.25, -0.2) is 17.8 Å². The minimum Gasteiger partial charge on any atom is -0.219 e. The van der Waals surface area contributed by atoms with Crippen LogP contribution >= 0.6 is 11.6 Å². The van der Waals surface area contributed by atoms with Crippen LogP contribution in [0.25, 0.3) is 5.69 Å². The molecule has 0 atom stereocenters. The summed E-state index contributed by atoms with van der Waals surface area (Å²) in [6, 6.07) is 6.83. The number of nitrogens with one attached hydrogen (secondary N) is 1. The lowest BCUT2D eigenvalue weighted by molar-refractivity contribution is 0.573. The van der Waals surface area contributed by atoms with E-state index in [0.717, 1.165) is 5.56 Å². The van der Waals surface area contributed by atoms with Crippen molar-refractivity contribution in [3.05, 3.63) is 41.0 Å². The van der Waals surface area contributed by atoms with Crippen molar-refractivity contribution in [2.75, 3.05) is 6.54 Å². The number of sulfonamides is 1. The molecule has 0 aliphatic carbocycles. The maximum Gasteiger partial charge on any atom is 0.258 e. The van der Waals surface area contributed by atoms with E-state index in [0.29, 0.717) is 17.3 Å². The summed E-state index contributed by atoms with van der Waals surface area (Å²) >= 11 is 6.21. The van der Waals surface area contributed by atoms with E-state index in [4.69, 9.17) is 11.6 Å². The highest BCUT2D eigenvalue weighted by molar-refractivity contribution is 7.89. The van der Waals surface area contributed by atoms with Gasteiger partial charge in [-0.2, -0.15) is 5.10 Å². The van der Waals surface area contributed by atoms with Crippen molar-refractivity contribution < 1.29 is 8.42 Å². The number of hydrogen-bond acceptors (Lipinski definition) is 3. The van der Waals surface area contributed by atoms with Crippen molar-refractivity contribution in [3.63, 3.8) is 0 Å². The third-order valence-corrected chi connectivity index (χ3v) is 4.64. The number of aryl methyl sites for hydroxylation is 1. The van der Waals surface area contributed by atoms with Gasteiger partial charge in [-0.15, -0.1) is 0 Å². The Hall–Kier alpha value is -1.37. The van der Waals surface area contributed by atoms with Crippen LogP contribution in [0.5, 0.6) is 0 Å². The predicted octanol–water partition coefficient (Wildman–Crippen LogP) is 2.13. The highest BCUT2D eigenvalue weighted by Gasteiger charge is 2.20. The smallest absolute Gasteiger partial charge is 0.219 e. The number of hydrogen-bond donors (Lipinski definition) is 1. The van der Waals surface area contributed by atoms with Gasteiger partial charge >= 0.3 is 0 Å². The van der Waals surface area contributed by atoms with Crippen LogP contribution in [0.1, 0.15) is 12.5 Å². The molecule has 0 aliphatic heterocycles. The standard InChI is InChI=1S/C12H14ClN3O2S/c1-3-15-19(17,18)11-7-8-14-16(11)10-6-4-5-9(2)12(10)13/h4-8,15H,3H2,1-2H3. The molecule has 0 amide bonds. The zero-order valence-electron chi connectivity index (χ0n) is 10.6. The van der Waals surface area contributed by atoms with Gasteiger partial charge < -0.3 is 0 Å². The first-order valence-electron chi connectivity index (χ1n) is 5.76. The molecule has 0 spiro atoms. The Morgan fingerprint density at radius 3 is 2.79 bits per heavy atom. The van der Waals surface area contributed by atoms with Gasteiger partial charge in [0.25, 0.3) is 10.0 Å². The summed E-state index contributed by atoms with van der Waals surface area (Å²) in [5.74, 6) is 0. The van der Waals surface area contributed by atoms with Crippen molar-refractivity contribution in [2.45, 2.75) is 18.9 Å². The summed E-state index contributed by atoms with van der Waals surface area (Å²) in [4.78, 5) is 0. The molecule has 0 fully saturated rings. The van der Waals surface area contributed by atoms with Crippen molar-refractivity contribution in [1.29, 1.82) is 0 Å². The molecule has 0 saturated carbocycles. The number of halogens is 1. The third kappa shape index (κ3) is 2.65. The van der Waals surface area contributed by atoms with E-state index in [1.54, 1.807) is 13.0 Å². The van der Waals surface area contributed by atoms with Gasteiger partial charge in [0.2, 0.25) is 0 Å². The monoisotopic (exact) mass is 299 g/mol. The molecule has 5 nitrogen and oxygen atoms in total. The highest BCUT2D eigenvalue weighted by atomic mass is 35.5. The Kier molecular flexibility index (Phi) is 3.93. The zero-order chi connectivity index (χ0) is 14.0. The van der Waals surface area contributed by atoms with Gasteiger partial charge in [-0.3, -0.25) is 0 Å². The number of rotatable bonds is 4. The van der Waals surface area contributed by atoms with Crippen LogP contribution in [0, 0.1) is 6.92 Å². The Balaban J connectivity index is 2.60. The molecule has 0 aliphatic rings. The first kappa shape index (κ1) is 14.0. The van der Waals surface area contributed by atoms with Crippen molar-refractivity contribution in [3.8, 4) is 5.69 Å². The summed E-state index contributed by atoms with van der Waals surface area (Å²) in [5.41, 5.74) is 1.41. The lowest BCUT2D eigenvalue weighted by Crippen LogP contribution is -2.25. The van der Waals surface area contributed by atoms with E-state index in [2.05, 4.69) is 9.82 Å². The second-order valence-corrected chi connectivity index (χ2v) is 6.08. The van der Waals surface area contributed by atoms with E-state index >= 15 is 0 Å². The quantitative estimate of drug-likeness (QED) is 0.940. The van der Waals surface area contributed by atoms with Gasteiger partial charge in [0.15, 0.2) is 5.03 Å². The van der Waals surface area contributed by atoms with Gasteiger partial charge in [0.1, 0.15) is 0 Å². The fraction of sp³-hybridized carbons (Fsp3) is 0.250. The topological polar surface area (TPSA) is 64.0 Å². The van der Waals surface area contributed by atoms with E-state index in [1.165, 1.54) is 16.9 Å². The Morgan fingerprint density at radius 1 is 1.37 bits per heavy atom. The summed E-state index contributed by atoms with van der Waals surface area (Å²) in [6.07, 6.45) is 1.43.